The summed E-state index contributed by atoms with van der Waals surface area (Å²) in [5.74, 6) is -1.08. The molecule has 0 fully saturated rings. The Labute approximate surface area is 159 Å². The van der Waals surface area contributed by atoms with Gasteiger partial charge in [0.2, 0.25) is 0 Å². The normalized spacial score (nSPS) is 11.7. The number of sulfone groups is 1. The lowest BCUT2D eigenvalue weighted by Gasteiger charge is -2.08. The molecule has 0 aliphatic rings. The zero-order valence-electron chi connectivity index (χ0n) is 14.1. The van der Waals surface area contributed by atoms with Crippen LogP contribution in [-0.4, -0.2) is 35.8 Å². The van der Waals surface area contributed by atoms with Crippen LogP contribution in [-0.2, 0) is 16.3 Å². The smallest absolute Gasteiger partial charge is 0.178 e. The van der Waals surface area contributed by atoms with Crippen molar-refractivity contribution in [3.05, 3.63) is 52.9 Å². The van der Waals surface area contributed by atoms with Gasteiger partial charge in [0.1, 0.15) is 27.2 Å². The van der Waals surface area contributed by atoms with Gasteiger partial charge >= 0.3 is 0 Å². The molecule has 6 nitrogen and oxygen atoms in total. The Kier molecular flexibility index (Phi) is 5.12. The maximum Gasteiger partial charge on any atom is 0.178 e. The van der Waals surface area contributed by atoms with E-state index in [1.807, 2.05) is 0 Å². The van der Waals surface area contributed by atoms with E-state index in [1.54, 1.807) is 0 Å². The number of halogens is 2. The molecular formula is C18H15ClFNO5S. The summed E-state index contributed by atoms with van der Waals surface area (Å²) in [6, 6.07) is 7.85. The highest BCUT2D eigenvalue weighted by atomic mass is 35.5. The number of aromatic hydroxyl groups is 2. The lowest BCUT2D eigenvalue weighted by atomic mass is 9.98. The molecule has 2 N–H and O–H groups in total. The second-order valence-corrected chi connectivity index (χ2v) is 8.71. The quantitative estimate of drug-likeness (QED) is 0.662. The van der Waals surface area contributed by atoms with E-state index in [-0.39, 0.29) is 40.0 Å². The van der Waals surface area contributed by atoms with Gasteiger partial charge in [0.05, 0.1) is 27.6 Å². The fourth-order valence-corrected chi connectivity index (χ4v) is 3.33. The third-order valence-corrected chi connectivity index (χ3v) is 5.16. The Morgan fingerprint density at radius 1 is 1.15 bits per heavy atom. The number of phenols is 2. The fourth-order valence-electron chi connectivity index (χ4n) is 2.61. The molecule has 9 heteroatoms. The summed E-state index contributed by atoms with van der Waals surface area (Å²) >= 11 is 5.93. The topological polar surface area (TPSA) is 101 Å². The molecule has 0 atom stereocenters. The van der Waals surface area contributed by atoms with E-state index in [2.05, 4.69) is 5.16 Å². The van der Waals surface area contributed by atoms with Gasteiger partial charge in [-0.25, -0.2) is 12.8 Å². The zero-order valence-corrected chi connectivity index (χ0v) is 15.7. The second kappa shape index (κ2) is 7.21. The maximum atomic E-state index is 13.3. The van der Waals surface area contributed by atoms with Gasteiger partial charge < -0.3 is 14.7 Å². The fraction of sp³-hybridized carbons (Fsp3) is 0.167. The molecule has 0 saturated carbocycles. The number of phenolic OH excluding ortho intramolecular Hbond substituents is 2. The SMILES string of the molecule is CS(=O)(=O)CCc1noc(-c2cc(Cl)c(O)cc2O)c1-c1ccc(F)cc1. The van der Waals surface area contributed by atoms with Crippen LogP contribution in [0.1, 0.15) is 5.69 Å². The summed E-state index contributed by atoms with van der Waals surface area (Å²) in [6.45, 7) is 0. The van der Waals surface area contributed by atoms with Crippen LogP contribution in [0.4, 0.5) is 4.39 Å². The van der Waals surface area contributed by atoms with E-state index in [4.69, 9.17) is 16.1 Å². The van der Waals surface area contributed by atoms with Crippen LogP contribution in [0.2, 0.25) is 5.02 Å². The molecule has 0 amide bonds. The Morgan fingerprint density at radius 2 is 1.81 bits per heavy atom. The first-order valence-corrected chi connectivity index (χ1v) is 10.2. The number of aryl methyl sites for hydroxylation is 1. The highest BCUT2D eigenvalue weighted by Gasteiger charge is 2.23. The minimum atomic E-state index is -3.25. The number of hydrogen-bond donors (Lipinski definition) is 2. The first-order chi connectivity index (χ1) is 12.7. The van der Waals surface area contributed by atoms with E-state index in [9.17, 15) is 23.0 Å². The van der Waals surface area contributed by atoms with Gasteiger partial charge in [0.15, 0.2) is 5.76 Å². The van der Waals surface area contributed by atoms with Crippen LogP contribution in [0.25, 0.3) is 22.5 Å². The third kappa shape index (κ3) is 4.23. The Hall–Kier alpha value is -2.58. The van der Waals surface area contributed by atoms with Gasteiger partial charge in [-0.1, -0.05) is 28.9 Å². The van der Waals surface area contributed by atoms with Crippen molar-refractivity contribution in [2.75, 3.05) is 12.0 Å². The predicted molar refractivity (Wildman–Crippen MR) is 99.1 cm³/mol. The molecule has 1 heterocycles. The highest BCUT2D eigenvalue weighted by molar-refractivity contribution is 7.90. The van der Waals surface area contributed by atoms with E-state index >= 15 is 0 Å². The van der Waals surface area contributed by atoms with Crippen LogP contribution >= 0.6 is 11.6 Å². The van der Waals surface area contributed by atoms with Gasteiger partial charge in [-0.05, 0) is 23.8 Å². The molecule has 0 radical (unpaired) electrons. The standard InChI is InChI=1S/C18H15ClFNO5S/c1-27(24,25)7-6-14-17(10-2-4-11(20)5-3-10)18(26-21-14)12-8-13(19)16(23)9-15(12)22/h2-5,8-9,22-23H,6-7H2,1H3. The molecular weight excluding hydrogens is 397 g/mol. The third-order valence-electron chi connectivity index (χ3n) is 3.92. The van der Waals surface area contributed by atoms with E-state index in [0.29, 0.717) is 16.8 Å². The summed E-state index contributed by atoms with van der Waals surface area (Å²) in [6.07, 6.45) is 1.18. The highest BCUT2D eigenvalue weighted by Crippen LogP contribution is 2.42. The monoisotopic (exact) mass is 411 g/mol. The second-order valence-electron chi connectivity index (χ2n) is 6.04. The van der Waals surface area contributed by atoms with Crippen molar-refractivity contribution in [2.45, 2.75) is 6.42 Å². The summed E-state index contributed by atoms with van der Waals surface area (Å²) in [4.78, 5) is 0. The molecule has 0 spiro atoms. The summed E-state index contributed by atoms with van der Waals surface area (Å²) in [7, 11) is -3.25. The average Bonchev–Trinajstić information content (AvgIpc) is 3.00. The molecule has 3 aromatic rings. The van der Waals surface area contributed by atoms with Crippen molar-refractivity contribution in [3.8, 4) is 33.9 Å². The molecule has 142 valence electrons. The molecule has 0 aliphatic heterocycles. The van der Waals surface area contributed by atoms with Crippen LogP contribution < -0.4 is 0 Å². The van der Waals surface area contributed by atoms with Gasteiger partial charge in [0, 0.05) is 18.7 Å². The van der Waals surface area contributed by atoms with Crippen molar-refractivity contribution < 1.29 is 27.5 Å². The Balaban J connectivity index is 2.18. The van der Waals surface area contributed by atoms with Gasteiger partial charge in [-0.15, -0.1) is 0 Å². The molecule has 0 unspecified atom stereocenters. The summed E-state index contributed by atoms with van der Waals surface area (Å²) < 4.78 is 41.7. The average molecular weight is 412 g/mol. The van der Waals surface area contributed by atoms with Crippen molar-refractivity contribution in [2.24, 2.45) is 0 Å². The van der Waals surface area contributed by atoms with Crippen molar-refractivity contribution in [1.82, 2.24) is 5.16 Å². The molecule has 2 aromatic carbocycles. The van der Waals surface area contributed by atoms with Crippen molar-refractivity contribution in [1.29, 1.82) is 0 Å². The number of rotatable bonds is 5. The Morgan fingerprint density at radius 3 is 2.44 bits per heavy atom. The summed E-state index contributed by atoms with van der Waals surface area (Å²) in [5, 5.41) is 23.7. The van der Waals surface area contributed by atoms with E-state index in [1.165, 1.54) is 30.3 Å². The zero-order chi connectivity index (χ0) is 19.8. The van der Waals surface area contributed by atoms with E-state index < -0.39 is 15.7 Å². The van der Waals surface area contributed by atoms with Crippen LogP contribution in [0.15, 0.2) is 40.9 Å². The maximum absolute atomic E-state index is 13.3. The molecule has 0 bridgehead atoms. The number of hydrogen-bond acceptors (Lipinski definition) is 6. The largest absolute Gasteiger partial charge is 0.507 e. The molecule has 0 aliphatic carbocycles. The lowest BCUT2D eigenvalue weighted by molar-refractivity contribution is 0.418. The summed E-state index contributed by atoms with van der Waals surface area (Å²) in [5.41, 5.74) is 1.44. The number of aromatic nitrogens is 1. The van der Waals surface area contributed by atoms with Gasteiger partial charge in [0.25, 0.3) is 0 Å². The van der Waals surface area contributed by atoms with Gasteiger partial charge in [-0.3, -0.25) is 0 Å². The molecule has 27 heavy (non-hydrogen) atoms. The van der Waals surface area contributed by atoms with E-state index in [0.717, 1.165) is 12.3 Å². The van der Waals surface area contributed by atoms with Crippen LogP contribution in [0, 0.1) is 5.82 Å². The first kappa shape index (κ1) is 19.2. The molecule has 0 saturated heterocycles. The molecule has 3 rings (SSSR count). The van der Waals surface area contributed by atoms with Crippen molar-refractivity contribution >= 4 is 21.4 Å². The lowest BCUT2D eigenvalue weighted by Crippen LogP contribution is -2.06. The predicted octanol–water partition coefficient (Wildman–Crippen LogP) is 3.80. The molecule has 1 aromatic heterocycles. The van der Waals surface area contributed by atoms with Crippen LogP contribution in [0.5, 0.6) is 11.5 Å². The minimum Gasteiger partial charge on any atom is -0.507 e. The number of nitrogens with zero attached hydrogens (tertiary/aromatic N) is 1. The first-order valence-electron chi connectivity index (χ1n) is 7.80. The minimum absolute atomic E-state index is 0.0121. The van der Waals surface area contributed by atoms with Crippen LogP contribution in [0.3, 0.4) is 0 Å². The van der Waals surface area contributed by atoms with Crippen molar-refractivity contribution in [3.63, 3.8) is 0 Å². The Bertz CT molecular complexity index is 1090. The number of benzene rings is 2. The van der Waals surface area contributed by atoms with Gasteiger partial charge in [-0.2, -0.15) is 0 Å².